The lowest BCUT2D eigenvalue weighted by atomic mass is 10.0. The molecule has 0 unspecified atom stereocenters. The molecule has 5 heteroatoms. The Hall–Kier alpha value is -1.91. The van der Waals surface area contributed by atoms with E-state index in [1.807, 2.05) is 0 Å². The molecule has 1 heterocycles. The average Bonchev–Trinajstić information content (AvgIpc) is 2.28. The van der Waals surface area contributed by atoms with Crippen LogP contribution in [-0.2, 0) is 6.18 Å². The van der Waals surface area contributed by atoms with Crippen molar-refractivity contribution < 1.29 is 17.6 Å². The number of hydrogen-bond acceptors (Lipinski definition) is 1. The average molecular weight is 255 g/mol. The molecule has 0 aliphatic heterocycles. The van der Waals surface area contributed by atoms with Gasteiger partial charge < -0.3 is 0 Å². The van der Waals surface area contributed by atoms with E-state index in [2.05, 4.69) is 4.98 Å². The van der Waals surface area contributed by atoms with Crippen LogP contribution < -0.4 is 0 Å². The van der Waals surface area contributed by atoms with Gasteiger partial charge >= 0.3 is 6.18 Å². The quantitative estimate of drug-likeness (QED) is 0.695. The molecule has 18 heavy (non-hydrogen) atoms. The lowest BCUT2D eigenvalue weighted by Crippen LogP contribution is -2.08. The number of aromatic nitrogens is 1. The van der Waals surface area contributed by atoms with E-state index < -0.39 is 17.6 Å². The lowest BCUT2D eigenvalue weighted by Gasteiger charge is -2.10. The van der Waals surface area contributed by atoms with Crippen LogP contribution in [-0.4, -0.2) is 4.98 Å². The Bertz CT molecular complexity index is 575. The van der Waals surface area contributed by atoms with E-state index in [9.17, 15) is 17.6 Å². The van der Waals surface area contributed by atoms with Crippen molar-refractivity contribution in [2.75, 3.05) is 0 Å². The number of alkyl halides is 3. The molecule has 1 nitrogen and oxygen atoms in total. The summed E-state index contributed by atoms with van der Waals surface area (Å²) in [7, 11) is 0. The summed E-state index contributed by atoms with van der Waals surface area (Å²) in [5.41, 5.74) is 0.321. The first-order valence-electron chi connectivity index (χ1n) is 5.18. The van der Waals surface area contributed by atoms with Gasteiger partial charge in [0.1, 0.15) is 5.82 Å². The number of pyridine rings is 1. The molecule has 2 rings (SSSR count). The van der Waals surface area contributed by atoms with Gasteiger partial charge in [0.05, 0.1) is 5.56 Å². The minimum absolute atomic E-state index is 0.314. The lowest BCUT2D eigenvalue weighted by molar-refractivity contribution is -0.139. The Morgan fingerprint density at radius 1 is 1.00 bits per heavy atom. The summed E-state index contributed by atoms with van der Waals surface area (Å²) < 4.78 is 50.8. The van der Waals surface area contributed by atoms with Crippen molar-refractivity contribution in [1.29, 1.82) is 0 Å². The van der Waals surface area contributed by atoms with E-state index in [0.29, 0.717) is 16.8 Å². The van der Waals surface area contributed by atoms with Gasteiger partial charge in [0, 0.05) is 11.9 Å². The molecule has 0 saturated heterocycles. The van der Waals surface area contributed by atoms with E-state index >= 15 is 0 Å². The summed E-state index contributed by atoms with van der Waals surface area (Å²) in [4.78, 5) is 3.96. The Kier molecular flexibility index (Phi) is 3.07. The van der Waals surface area contributed by atoms with Crippen molar-refractivity contribution >= 4 is 0 Å². The number of halogens is 4. The highest BCUT2D eigenvalue weighted by Crippen LogP contribution is 2.34. The topological polar surface area (TPSA) is 12.9 Å². The Morgan fingerprint density at radius 2 is 1.67 bits per heavy atom. The molecule has 0 aliphatic rings. The van der Waals surface area contributed by atoms with E-state index in [0.717, 1.165) is 12.1 Å². The fourth-order valence-electron chi connectivity index (χ4n) is 1.65. The molecule has 0 fully saturated rings. The molecule has 0 saturated carbocycles. The highest BCUT2D eigenvalue weighted by atomic mass is 19.4. The first-order chi connectivity index (χ1) is 8.38. The summed E-state index contributed by atoms with van der Waals surface area (Å²) in [6.07, 6.45) is -3.19. The molecule has 0 bridgehead atoms. The SMILES string of the molecule is Cc1cc(-c2ccc(F)c(C(F)(F)F)c2)ccn1. The molecule has 0 N–H and O–H groups in total. The van der Waals surface area contributed by atoms with Gasteiger partial charge in [-0.05, 0) is 42.3 Å². The second-order valence-electron chi connectivity index (χ2n) is 3.88. The molecule has 0 aliphatic carbocycles. The maximum absolute atomic E-state index is 13.1. The number of rotatable bonds is 1. The monoisotopic (exact) mass is 255 g/mol. The zero-order chi connectivity index (χ0) is 13.3. The van der Waals surface area contributed by atoms with Crippen molar-refractivity contribution in [3.8, 4) is 11.1 Å². The number of aryl methyl sites for hydroxylation is 1. The van der Waals surface area contributed by atoms with Crippen molar-refractivity contribution in [3.63, 3.8) is 0 Å². The van der Waals surface area contributed by atoms with Crippen LogP contribution in [0.15, 0.2) is 36.5 Å². The smallest absolute Gasteiger partial charge is 0.262 e. The molecule has 1 aromatic carbocycles. The van der Waals surface area contributed by atoms with Gasteiger partial charge in [0.15, 0.2) is 0 Å². The van der Waals surface area contributed by atoms with E-state index in [1.54, 1.807) is 19.1 Å². The van der Waals surface area contributed by atoms with Crippen molar-refractivity contribution in [2.24, 2.45) is 0 Å². The number of nitrogens with zero attached hydrogens (tertiary/aromatic N) is 1. The highest BCUT2D eigenvalue weighted by Gasteiger charge is 2.34. The fourth-order valence-corrected chi connectivity index (χ4v) is 1.65. The first kappa shape index (κ1) is 12.5. The molecule has 1 aromatic heterocycles. The molecular weight excluding hydrogens is 246 g/mol. The maximum atomic E-state index is 13.1. The maximum Gasteiger partial charge on any atom is 0.419 e. The Labute approximate surface area is 101 Å². The summed E-state index contributed by atoms with van der Waals surface area (Å²) in [6, 6.07) is 6.19. The second-order valence-corrected chi connectivity index (χ2v) is 3.88. The minimum atomic E-state index is -4.69. The van der Waals surface area contributed by atoms with Crippen LogP contribution in [0.4, 0.5) is 17.6 Å². The van der Waals surface area contributed by atoms with E-state index in [-0.39, 0.29) is 0 Å². The molecular formula is C13H9F4N. The Balaban J connectivity index is 2.54. The Morgan fingerprint density at radius 3 is 2.28 bits per heavy atom. The van der Waals surface area contributed by atoms with E-state index in [4.69, 9.17) is 0 Å². The van der Waals surface area contributed by atoms with Crippen molar-refractivity contribution in [2.45, 2.75) is 13.1 Å². The number of benzene rings is 1. The molecule has 0 spiro atoms. The van der Waals surface area contributed by atoms with Crippen LogP contribution in [0.2, 0.25) is 0 Å². The van der Waals surface area contributed by atoms with Gasteiger partial charge in [-0.15, -0.1) is 0 Å². The van der Waals surface area contributed by atoms with Gasteiger partial charge in [-0.1, -0.05) is 6.07 Å². The second kappa shape index (κ2) is 4.40. The van der Waals surface area contributed by atoms with Gasteiger partial charge in [-0.25, -0.2) is 4.39 Å². The third-order valence-corrected chi connectivity index (χ3v) is 2.50. The molecule has 0 atom stereocenters. The van der Waals surface area contributed by atoms with Gasteiger partial charge in [-0.3, -0.25) is 4.98 Å². The molecule has 94 valence electrons. The largest absolute Gasteiger partial charge is 0.419 e. The summed E-state index contributed by atoms with van der Waals surface area (Å²) in [5, 5.41) is 0. The van der Waals surface area contributed by atoms with Gasteiger partial charge in [-0.2, -0.15) is 13.2 Å². The predicted octanol–water partition coefficient (Wildman–Crippen LogP) is 4.21. The van der Waals surface area contributed by atoms with Crippen LogP contribution in [0, 0.1) is 12.7 Å². The molecule has 0 radical (unpaired) electrons. The van der Waals surface area contributed by atoms with Crippen LogP contribution in [0.5, 0.6) is 0 Å². The fraction of sp³-hybridized carbons (Fsp3) is 0.154. The van der Waals surface area contributed by atoms with Crippen molar-refractivity contribution in [1.82, 2.24) is 4.98 Å². The molecule has 2 aromatic rings. The third-order valence-electron chi connectivity index (χ3n) is 2.50. The number of hydrogen-bond donors (Lipinski definition) is 0. The van der Waals surface area contributed by atoms with Crippen LogP contribution in [0.25, 0.3) is 11.1 Å². The predicted molar refractivity (Wildman–Crippen MR) is 59.4 cm³/mol. The summed E-state index contributed by atoms with van der Waals surface area (Å²) in [5.74, 6) is -1.27. The first-order valence-corrected chi connectivity index (χ1v) is 5.18. The van der Waals surface area contributed by atoms with Crippen LogP contribution in [0.1, 0.15) is 11.3 Å². The zero-order valence-corrected chi connectivity index (χ0v) is 9.42. The zero-order valence-electron chi connectivity index (χ0n) is 9.42. The normalized spacial score (nSPS) is 11.6. The summed E-state index contributed by atoms with van der Waals surface area (Å²) in [6.45, 7) is 1.73. The van der Waals surface area contributed by atoms with E-state index in [1.165, 1.54) is 12.3 Å². The minimum Gasteiger partial charge on any atom is -0.262 e. The van der Waals surface area contributed by atoms with Crippen LogP contribution >= 0.6 is 0 Å². The molecule has 0 amide bonds. The van der Waals surface area contributed by atoms with Crippen molar-refractivity contribution in [3.05, 3.63) is 53.6 Å². The summed E-state index contributed by atoms with van der Waals surface area (Å²) >= 11 is 0. The third kappa shape index (κ3) is 2.50. The standard InChI is InChI=1S/C13H9F4N/c1-8-6-10(4-5-18-8)9-2-3-12(14)11(7-9)13(15,16)17/h2-7H,1H3. The van der Waals surface area contributed by atoms with Crippen LogP contribution in [0.3, 0.4) is 0 Å². The van der Waals surface area contributed by atoms with Gasteiger partial charge in [0.2, 0.25) is 0 Å². The van der Waals surface area contributed by atoms with Gasteiger partial charge in [0.25, 0.3) is 0 Å². The highest BCUT2D eigenvalue weighted by molar-refractivity contribution is 5.64.